The molecule has 1 unspecified atom stereocenters. The van der Waals surface area contributed by atoms with E-state index >= 15 is 0 Å². The van der Waals surface area contributed by atoms with Crippen LogP contribution >= 0.6 is 0 Å². The van der Waals surface area contributed by atoms with Crippen LogP contribution in [0.15, 0.2) is 35.1 Å². The summed E-state index contributed by atoms with van der Waals surface area (Å²) in [5, 5.41) is 11.1. The van der Waals surface area contributed by atoms with Crippen molar-refractivity contribution in [2.75, 3.05) is 5.32 Å². The summed E-state index contributed by atoms with van der Waals surface area (Å²) in [5.74, 6) is 0.555. The quantitative estimate of drug-likeness (QED) is 0.842. The molecule has 4 heteroatoms. The molecule has 18 heavy (non-hydrogen) atoms. The Hall–Kier alpha value is -1.84. The molecule has 1 aromatic carbocycles. The zero-order valence-corrected chi connectivity index (χ0v) is 10.9. The Morgan fingerprint density at radius 3 is 3.00 bits per heavy atom. The lowest BCUT2D eigenvalue weighted by Gasteiger charge is -2.15. The lowest BCUT2D eigenvalue weighted by molar-refractivity contribution is 0.568. The number of hydrogen-bond acceptors (Lipinski definition) is 4. The van der Waals surface area contributed by atoms with Crippen molar-refractivity contribution < 1.29 is 4.42 Å². The van der Waals surface area contributed by atoms with Gasteiger partial charge in [-0.25, -0.2) is 0 Å². The van der Waals surface area contributed by atoms with Crippen molar-refractivity contribution in [2.45, 2.75) is 39.2 Å². The maximum Gasteiger partial charge on any atom is 0.247 e. The SMILES string of the molecule is CCCCC(C)Nc1cccc(-c2nnco2)c1. The van der Waals surface area contributed by atoms with Gasteiger partial charge >= 0.3 is 0 Å². The number of benzene rings is 1. The summed E-state index contributed by atoms with van der Waals surface area (Å²) in [7, 11) is 0. The summed E-state index contributed by atoms with van der Waals surface area (Å²) in [5.41, 5.74) is 2.04. The number of nitrogens with zero attached hydrogens (tertiary/aromatic N) is 2. The number of nitrogens with one attached hydrogen (secondary N) is 1. The largest absolute Gasteiger partial charge is 0.423 e. The first-order valence-electron chi connectivity index (χ1n) is 6.42. The number of hydrogen-bond donors (Lipinski definition) is 1. The number of unbranched alkanes of at least 4 members (excludes halogenated alkanes) is 1. The Morgan fingerprint density at radius 1 is 1.39 bits per heavy atom. The Kier molecular flexibility index (Phi) is 4.34. The summed E-state index contributed by atoms with van der Waals surface area (Å²) in [6, 6.07) is 8.53. The minimum atomic E-state index is 0.475. The van der Waals surface area contributed by atoms with Crippen LogP contribution in [-0.4, -0.2) is 16.2 Å². The first-order valence-corrected chi connectivity index (χ1v) is 6.42. The van der Waals surface area contributed by atoms with Crippen molar-refractivity contribution in [3.8, 4) is 11.5 Å². The van der Waals surface area contributed by atoms with Crippen molar-refractivity contribution in [3.63, 3.8) is 0 Å². The number of anilines is 1. The van der Waals surface area contributed by atoms with E-state index in [-0.39, 0.29) is 0 Å². The van der Waals surface area contributed by atoms with E-state index in [9.17, 15) is 0 Å². The van der Waals surface area contributed by atoms with Crippen molar-refractivity contribution in [1.29, 1.82) is 0 Å². The highest BCUT2D eigenvalue weighted by molar-refractivity contribution is 5.61. The minimum Gasteiger partial charge on any atom is -0.423 e. The maximum atomic E-state index is 5.19. The Bertz CT molecular complexity index is 468. The Morgan fingerprint density at radius 2 is 2.28 bits per heavy atom. The van der Waals surface area contributed by atoms with Crippen LogP contribution in [0.25, 0.3) is 11.5 Å². The predicted octanol–water partition coefficient (Wildman–Crippen LogP) is 3.73. The van der Waals surface area contributed by atoms with Crippen LogP contribution in [0.2, 0.25) is 0 Å². The molecule has 4 nitrogen and oxygen atoms in total. The molecule has 96 valence electrons. The molecular formula is C14H19N3O. The molecule has 2 aromatic rings. The molecule has 1 N–H and O–H groups in total. The number of rotatable bonds is 6. The molecule has 0 fully saturated rings. The molecular weight excluding hydrogens is 226 g/mol. The van der Waals surface area contributed by atoms with Gasteiger partial charge in [0.05, 0.1) is 0 Å². The monoisotopic (exact) mass is 245 g/mol. The lowest BCUT2D eigenvalue weighted by atomic mass is 10.1. The summed E-state index contributed by atoms with van der Waals surface area (Å²) in [6.45, 7) is 4.41. The third-order valence-electron chi connectivity index (χ3n) is 2.87. The molecule has 0 aliphatic rings. The highest BCUT2D eigenvalue weighted by Gasteiger charge is 2.06. The average molecular weight is 245 g/mol. The standard InChI is InChI=1S/C14H19N3O/c1-3-4-6-11(2)16-13-8-5-7-12(9-13)14-17-15-10-18-14/h5,7-11,16H,3-4,6H2,1-2H3. The molecule has 0 saturated heterocycles. The normalized spacial score (nSPS) is 12.3. The molecule has 0 aliphatic carbocycles. The van der Waals surface area contributed by atoms with Crippen LogP contribution in [0.1, 0.15) is 33.1 Å². The van der Waals surface area contributed by atoms with E-state index in [0.29, 0.717) is 11.9 Å². The van der Waals surface area contributed by atoms with Gasteiger partial charge in [0.15, 0.2) is 0 Å². The van der Waals surface area contributed by atoms with Gasteiger partial charge in [0.25, 0.3) is 0 Å². The lowest BCUT2D eigenvalue weighted by Crippen LogP contribution is -2.14. The van der Waals surface area contributed by atoms with Gasteiger partial charge in [-0.3, -0.25) is 0 Å². The first kappa shape index (κ1) is 12.6. The number of aromatic nitrogens is 2. The molecule has 0 bridgehead atoms. The van der Waals surface area contributed by atoms with E-state index in [1.165, 1.54) is 25.7 Å². The fraction of sp³-hybridized carbons (Fsp3) is 0.429. The van der Waals surface area contributed by atoms with Crippen LogP contribution in [0.4, 0.5) is 5.69 Å². The summed E-state index contributed by atoms with van der Waals surface area (Å²) in [4.78, 5) is 0. The third kappa shape index (κ3) is 3.32. The van der Waals surface area contributed by atoms with Crippen molar-refractivity contribution in [1.82, 2.24) is 10.2 Å². The summed E-state index contributed by atoms with van der Waals surface area (Å²) >= 11 is 0. The smallest absolute Gasteiger partial charge is 0.247 e. The van der Waals surface area contributed by atoms with E-state index in [1.807, 2.05) is 18.2 Å². The highest BCUT2D eigenvalue weighted by atomic mass is 16.4. The molecule has 1 aromatic heterocycles. The van der Waals surface area contributed by atoms with E-state index in [2.05, 4.69) is 35.4 Å². The van der Waals surface area contributed by atoms with Crippen LogP contribution in [0.3, 0.4) is 0 Å². The minimum absolute atomic E-state index is 0.475. The fourth-order valence-corrected chi connectivity index (χ4v) is 1.91. The van der Waals surface area contributed by atoms with E-state index in [4.69, 9.17) is 4.42 Å². The van der Waals surface area contributed by atoms with Gasteiger partial charge in [-0.05, 0) is 31.5 Å². The van der Waals surface area contributed by atoms with E-state index in [1.54, 1.807) is 0 Å². The molecule has 0 aliphatic heterocycles. The van der Waals surface area contributed by atoms with Gasteiger partial charge in [0.2, 0.25) is 12.3 Å². The Balaban J connectivity index is 2.03. The fourth-order valence-electron chi connectivity index (χ4n) is 1.91. The van der Waals surface area contributed by atoms with Crippen molar-refractivity contribution >= 4 is 5.69 Å². The first-order chi connectivity index (χ1) is 8.79. The molecule has 0 radical (unpaired) electrons. The topological polar surface area (TPSA) is 51.0 Å². The zero-order chi connectivity index (χ0) is 12.8. The van der Waals surface area contributed by atoms with Crippen molar-refractivity contribution in [3.05, 3.63) is 30.7 Å². The predicted molar refractivity (Wildman–Crippen MR) is 72.3 cm³/mol. The van der Waals surface area contributed by atoms with Crippen molar-refractivity contribution in [2.24, 2.45) is 0 Å². The van der Waals surface area contributed by atoms with Crippen LogP contribution in [-0.2, 0) is 0 Å². The second-order valence-electron chi connectivity index (χ2n) is 4.51. The maximum absolute atomic E-state index is 5.19. The molecule has 0 spiro atoms. The second-order valence-corrected chi connectivity index (χ2v) is 4.51. The summed E-state index contributed by atoms with van der Waals surface area (Å²) < 4.78 is 5.19. The molecule has 2 rings (SSSR count). The average Bonchev–Trinajstić information content (AvgIpc) is 2.90. The highest BCUT2D eigenvalue weighted by Crippen LogP contribution is 2.21. The molecule has 0 amide bonds. The Labute approximate surface area is 107 Å². The van der Waals surface area contributed by atoms with Gasteiger partial charge in [0, 0.05) is 17.3 Å². The van der Waals surface area contributed by atoms with Gasteiger partial charge in [-0.1, -0.05) is 25.8 Å². The molecule has 1 atom stereocenters. The van der Waals surface area contributed by atoms with Crippen LogP contribution < -0.4 is 5.32 Å². The van der Waals surface area contributed by atoms with Crippen LogP contribution in [0, 0.1) is 0 Å². The van der Waals surface area contributed by atoms with E-state index in [0.717, 1.165) is 11.3 Å². The van der Waals surface area contributed by atoms with Gasteiger partial charge in [0.1, 0.15) is 0 Å². The molecule has 0 saturated carbocycles. The summed E-state index contributed by atoms with van der Waals surface area (Å²) in [6.07, 6.45) is 5.01. The zero-order valence-electron chi connectivity index (χ0n) is 10.9. The third-order valence-corrected chi connectivity index (χ3v) is 2.87. The second kappa shape index (κ2) is 6.19. The van der Waals surface area contributed by atoms with Gasteiger partial charge in [-0.15, -0.1) is 10.2 Å². The van der Waals surface area contributed by atoms with E-state index < -0.39 is 0 Å². The van der Waals surface area contributed by atoms with Crippen LogP contribution in [0.5, 0.6) is 0 Å². The molecule has 1 heterocycles. The van der Waals surface area contributed by atoms with Gasteiger partial charge in [-0.2, -0.15) is 0 Å². The van der Waals surface area contributed by atoms with Gasteiger partial charge < -0.3 is 9.73 Å².